The zero-order valence-electron chi connectivity index (χ0n) is 19.0. The molecule has 7 nitrogen and oxygen atoms in total. The van der Waals surface area contributed by atoms with E-state index in [0.717, 1.165) is 4.68 Å². The molecule has 0 bridgehead atoms. The van der Waals surface area contributed by atoms with Crippen LogP contribution in [0.25, 0.3) is 5.69 Å². The second kappa shape index (κ2) is 10.2. The number of amides is 1. The van der Waals surface area contributed by atoms with Gasteiger partial charge >= 0.3 is 0 Å². The van der Waals surface area contributed by atoms with Gasteiger partial charge in [-0.15, -0.1) is 0 Å². The minimum Gasteiger partial charge on any atom is -0.453 e. The highest BCUT2D eigenvalue weighted by molar-refractivity contribution is 5.95. The van der Waals surface area contributed by atoms with Crippen molar-refractivity contribution in [3.05, 3.63) is 107 Å². The normalized spacial score (nSPS) is 10.6. The van der Waals surface area contributed by atoms with Crippen molar-refractivity contribution >= 4 is 17.3 Å². The lowest BCUT2D eigenvalue weighted by molar-refractivity contribution is 0.0802. The van der Waals surface area contributed by atoms with Crippen LogP contribution in [-0.2, 0) is 0 Å². The molecule has 1 heterocycles. The molecule has 0 saturated carbocycles. The van der Waals surface area contributed by atoms with Gasteiger partial charge in [0, 0.05) is 24.8 Å². The summed E-state index contributed by atoms with van der Waals surface area (Å²) in [5, 5.41) is 7.19. The maximum Gasteiger partial charge on any atom is 0.299 e. The number of hydrogen-bond acceptors (Lipinski definition) is 5. The number of carbonyl (C=O) groups is 1. The molecular formula is C26H22F2N4O3. The smallest absolute Gasteiger partial charge is 0.299 e. The highest BCUT2D eigenvalue weighted by Gasteiger charge is 2.17. The SMILES string of the molecule is CCN(C)C(=O)c1cccc(Nc2c(Oc3ccc(F)cc3)cnn(-c3ccc(F)cc3)c2=O)c1. The van der Waals surface area contributed by atoms with E-state index in [1.807, 2.05) is 6.92 Å². The van der Waals surface area contributed by atoms with Crippen molar-refractivity contribution in [1.82, 2.24) is 14.7 Å². The summed E-state index contributed by atoms with van der Waals surface area (Å²) in [4.78, 5) is 27.6. The summed E-state index contributed by atoms with van der Waals surface area (Å²) in [6, 6.07) is 17.3. The molecule has 0 aliphatic heterocycles. The minimum absolute atomic E-state index is 0.0297. The first-order valence-corrected chi connectivity index (χ1v) is 10.8. The Labute approximate surface area is 200 Å². The van der Waals surface area contributed by atoms with Gasteiger partial charge in [0.1, 0.15) is 17.4 Å². The number of rotatable bonds is 7. The summed E-state index contributed by atoms with van der Waals surface area (Å²) in [6.07, 6.45) is 1.33. The van der Waals surface area contributed by atoms with Crippen molar-refractivity contribution in [2.75, 3.05) is 18.9 Å². The van der Waals surface area contributed by atoms with Gasteiger partial charge in [0.2, 0.25) is 0 Å². The lowest BCUT2D eigenvalue weighted by Gasteiger charge is -2.17. The molecule has 4 aromatic rings. The van der Waals surface area contributed by atoms with Crippen molar-refractivity contribution in [1.29, 1.82) is 0 Å². The second-order valence-electron chi connectivity index (χ2n) is 7.66. The van der Waals surface area contributed by atoms with Crippen molar-refractivity contribution in [2.45, 2.75) is 6.92 Å². The molecule has 0 atom stereocenters. The first-order valence-electron chi connectivity index (χ1n) is 10.8. The molecule has 35 heavy (non-hydrogen) atoms. The number of halogens is 2. The van der Waals surface area contributed by atoms with Crippen LogP contribution in [0.1, 0.15) is 17.3 Å². The van der Waals surface area contributed by atoms with Gasteiger partial charge in [-0.1, -0.05) is 6.07 Å². The van der Waals surface area contributed by atoms with E-state index < -0.39 is 17.2 Å². The van der Waals surface area contributed by atoms with Crippen molar-refractivity contribution in [3.8, 4) is 17.2 Å². The Morgan fingerprint density at radius 2 is 1.69 bits per heavy atom. The van der Waals surface area contributed by atoms with Gasteiger partial charge in [-0.3, -0.25) is 9.59 Å². The van der Waals surface area contributed by atoms with Gasteiger partial charge in [0.15, 0.2) is 11.4 Å². The zero-order valence-corrected chi connectivity index (χ0v) is 19.0. The number of anilines is 2. The number of nitrogens with zero attached hydrogens (tertiary/aromatic N) is 3. The molecule has 4 rings (SSSR count). The Balaban J connectivity index is 1.77. The van der Waals surface area contributed by atoms with Crippen LogP contribution in [0.2, 0.25) is 0 Å². The van der Waals surface area contributed by atoms with Crippen LogP contribution in [0, 0.1) is 11.6 Å². The van der Waals surface area contributed by atoms with Crippen LogP contribution in [0.4, 0.5) is 20.2 Å². The highest BCUT2D eigenvalue weighted by Crippen LogP contribution is 2.29. The lowest BCUT2D eigenvalue weighted by atomic mass is 10.1. The number of ether oxygens (including phenoxy) is 1. The third-order valence-corrected chi connectivity index (χ3v) is 5.26. The Kier molecular flexibility index (Phi) is 6.86. The summed E-state index contributed by atoms with van der Waals surface area (Å²) >= 11 is 0. The Bertz CT molecular complexity index is 1400. The van der Waals surface area contributed by atoms with Crippen LogP contribution in [-0.4, -0.2) is 34.2 Å². The summed E-state index contributed by atoms with van der Waals surface area (Å²) in [5.74, 6) is -0.669. The first-order chi connectivity index (χ1) is 16.9. The van der Waals surface area contributed by atoms with Crippen LogP contribution in [0.15, 0.2) is 83.8 Å². The maximum absolute atomic E-state index is 13.4. The standard InChI is InChI=1S/C26H22F2N4O3/c1-3-31(2)25(33)17-5-4-6-20(15-17)30-24-23(35-22-13-9-19(28)10-14-22)16-29-32(26(24)34)21-11-7-18(27)8-12-21/h4-16,30H,3H2,1-2H3. The average Bonchev–Trinajstić information content (AvgIpc) is 2.87. The van der Waals surface area contributed by atoms with Crippen LogP contribution >= 0.6 is 0 Å². The van der Waals surface area contributed by atoms with Gasteiger partial charge in [-0.2, -0.15) is 9.78 Å². The first kappa shape index (κ1) is 23.6. The zero-order chi connectivity index (χ0) is 24.9. The fourth-order valence-electron chi connectivity index (χ4n) is 3.27. The summed E-state index contributed by atoms with van der Waals surface area (Å²) in [7, 11) is 1.70. The van der Waals surface area contributed by atoms with Crippen molar-refractivity contribution < 1.29 is 18.3 Å². The predicted octanol–water partition coefficient (Wildman–Crippen LogP) is 5.14. The molecule has 0 saturated heterocycles. The van der Waals surface area contributed by atoms with Gasteiger partial charge < -0.3 is 15.0 Å². The topological polar surface area (TPSA) is 76.5 Å². The molecule has 0 spiro atoms. The quantitative estimate of drug-likeness (QED) is 0.400. The molecule has 0 aliphatic rings. The molecule has 1 amide bonds. The number of aromatic nitrogens is 2. The Hall–Kier alpha value is -4.53. The molecule has 0 fully saturated rings. The van der Waals surface area contributed by atoms with E-state index in [-0.39, 0.29) is 17.3 Å². The fraction of sp³-hybridized carbons (Fsp3) is 0.115. The second-order valence-corrected chi connectivity index (χ2v) is 7.66. The van der Waals surface area contributed by atoms with Gasteiger partial charge in [0.25, 0.3) is 11.5 Å². The molecule has 3 aromatic carbocycles. The number of benzene rings is 3. The van der Waals surface area contributed by atoms with E-state index in [1.54, 1.807) is 36.2 Å². The third-order valence-electron chi connectivity index (χ3n) is 5.26. The van der Waals surface area contributed by atoms with E-state index in [9.17, 15) is 18.4 Å². The summed E-state index contributed by atoms with van der Waals surface area (Å²) in [5.41, 5.74) is 0.716. The largest absolute Gasteiger partial charge is 0.453 e. The van der Waals surface area contributed by atoms with Gasteiger partial charge in [-0.05, 0) is 73.7 Å². The van der Waals surface area contributed by atoms with E-state index in [4.69, 9.17) is 4.74 Å². The molecule has 178 valence electrons. The molecule has 0 aliphatic carbocycles. The van der Waals surface area contributed by atoms with E-state index in [1.165, 1.54) is 54.7 Å². The van der Waals surface area contributed by atoms with Crippen molar-refractivity contribution in [2.24, 2.45) is 0 Å². The van der Waals surface area contributed by atoms with E-state index >= 15 is 0 Å². The Morgan fingerprint density at radius 3 is 2.34 bits per heavy atom. The predicted molar refractivity (Wildman–Crippen MR) is 129 cm³/mol. The molecule has 1 N–H and O–H groups in total. The Morgan fingerprint density at radius 1 is 1.03 bits per heavy atom. The number of nitrogens with one attached hydrogen (secondary N) is 1. The van der Waals surface area contributed by atoms with Gasteiger partial charge in [-0.25, -0.2) is 8.78 Å². The fourth-order valence-corrected chi connectivity index (χ4v) is 3.27. The third kappa shape index (κ3) is 5.35. The lowest BCUT2D eigenvalue weighted by Crippen LogP contribution is -2.26. The maximum atomic E-state index is 13.4. The molecule has 0 unspecified atom stereocenters. The van der Waals surface area contributed by atoms with Gasteiger partial charge in [0.05, 0.1) is 11.9 Å². The molecule has 1 aromatic heterocycles. The van der Waals surface area contributed by atoms with E-state index in [2.05, 4.69) is 10.4 Å². The monoisotopic (exact) mass is 476 g/mol. The number of carbonyl (C=O) groups excluding carboxylic acids is 1. The minimum atomic E-state index is -0.571. The molecular weight excluding hydrogens is 454 g/mol. The summed E-state index contributed by atoms with van der Waals surface area (Å²) in [6.45, 7) is 2.41. The molecule has 0 radical (unpaired) electrons. The van der Waals surface area contributed by atoms with Crippen molar-refractivity contribution in [3.63, 3.8) is 0 Å². The van der Waals surface area contributed by atoms with Crippen LogP contribution in [0.3, 0.4) is 0 Å². The van der Waals surface area contributed by atoms with Crippen LogP contribution < -0.4 is 15.6 Å². The highest BCUT2D eigenvalue weighted by atomic mass is 19.1. The number of hydrogen-bond donors (Lipinski definition) is 1. The van der Waals surface area contributed by atoms with Crippen LogP contribution in [0.5, 0.6) is 11.5 Å². The average molecular weight is 476 g/mol. The van der Waals surface area contributed by atoms with E-state index in [0.29, 0.717) is 29.2 Å². The summed E-state index contributed by atoms with van der Waals surface area (Å²) < 4.78 is 33.6. The molecule has 9 heteroatoms.